The summed E-state index contributed by atoms with van der Waals surface area (Å²) >= 11 is 0. The Morgan fingerprint density at radius 1 is 1.21 bits per heavy atom. The minimum atomic E-state index is -0.322. The molecular formula is C15H31ClN2O. The molecule has 1 heterocycles. The van der Waals surface area contributed by atoms with Crippen molar-refractivity contribution < 1.29 is 4.79 Å². The molecule has 4 heteroatoms. The molecule has 0 aromatic heterocycles. The third kappa shape index (κ3) is 3.43. The summed E-state index contributed by atoms with van der Waals surface area (Å²) in [5.74, 6) is 0.291. The molecule has 1 aliphatic rings. The highest BCUT2D eigenvalue weighted by Gasteiger charge is 2.43. The minimum absolute atomic E-state index is 0. The van der Waals surface area contributed by atoms with Crippen molar-refractivity contribution in [2.24, 2.45) is 16.6 Å². The van der Waals surface area contributed by atoms with E-state index in [-0.39, 0.29) is 17.8 Å². The monoisotopic (exact) mass is 290 g/mol. The van der Waals surface area contributed by atoms with Gasteiger partial charge in [0.1, 0.15) is 0 Å². The summed E-state index contributed by atoms with van der Waals surface area (Å²) in [6.07, 6.45) is 5.18. The number of carbonyl (C=O) groups is 1. The van der Waals surface area contributed by atoms with Crippen LogP contribution < -0.4 is 5.73 Å². The van der Waals surface area contributed by atoms with Gasteiger partial charge in [0.05, 0.1) is 5.41 Å². The van der Waals surface area contributed by atoms with E-state index in [4.69, 9.17) is 5.73 Å². The Morgan fingerprint density at radius 2 is 1.74 bits per heavy atom. The fourth-order valence-corrected chi connectivity index (χ4v) is 3.20. The van der Waals surface area contributed by atoms with Crippen molar-refractivity contribution in [1.29, 1.82) is 0 Å². The molecule has 0 spiro atoms. The average molecular weight is 291 g/mol. The Kier molecular flexibility index (Phi) is 7.38. The fraction of sp³-hybridized carbons (Fsp3) is 0.933. The third-order valence-corrected chi connectivity index (χ3v) is 5.42. The van der Waals surface area contributed by atoms with E-state index < -0.39 is 0 Å². The molecule has 0 aromatic rings. The first kappa shape index (κ1) is 18.7. The highest BCUT2D eigenvalue weighted by Crippen LogP contribution is 2.39. The van der Waals surface area contributed by atoms with Gasteiger partial charge in [-0.2, -0.15) is 0 Å². The summed E-state index contributed by atoms with van der Waals surface area (Å²) in [5.41, 5.74) is 5.92. The van der Waals surface area contributed by atoms with E-state index in [1.165, 1.54) is 12.8 Å². The Morgan fingerprint density at radius 3 is 2.05 bits per heavy atom. The molecule has 1 fully saturated rings. The molecule has 114 valence electrons. The number of likely N-dealkylation sites (tertiary alicyclic amines) is 1. The second kappa shape index (κ2) is 7.49. The number of nitrogens with two attached hydrogens (primary N) is 1. The topological polar surface area (TPSA) is 46.3 Å². The van der Waals surface area contributed by atoms with E-state index in [1.807, 2.05) is 0 Å². The van der Waals surface area contributed by atoms with E-state index >= 15 is 0 Å². The molecule has 2 N–H and O–H groups in total. The van der Waals surface area contributed by atoms with Gasteiger partial charge in [-0.05, 0) is 37.5 Å². The lowest BCUT2D eigenvalue weighted by molar-refractivity contribution is -0.141. The molecule has 0 radical (unpaired) electrons. The van der Waals surface area contributed by atoms with Crippen LogP contribution in [-0.2, 0) is 4.79 Å². The van der Waals surface area contributed by atoms with Crippen LogP contribution in [0.15, 0.2) is 0 Å². The predicted octanol–water partition coefficient (Wildman–Crippen LogP) is 3.21. The van der Waals surface area contributed by atoms with E-state index in [0.29, 0.717) is 17.9 Å². The maximum Gasteiger partial charge on any atom is 0.230 e. The molecule has 1 amide bonds. The molecule has 0 bridgehead atoms. The van der Waals surface area contributed by atoms with Crippen LogP contribution in [0.2, 0.25) is 0 Å². The van der Waals surface area contributed by atoms with Crippen molar-refractivity contribution in [3.8, 4) is 0 Å². The highest BCUT2D eigenvalue weighted by atomic mass is 35.5. The summed E-state index contributed by atoms with van der Waals surface area (Å²) in [6, 6.07) is 0. The van der Waals surface area contributed by atoms with Crippen molar-refractivity contribution in [1.82, 2.24) is 4.90 Å². The quantitative estimate of drug-likeness (QED) is 0.816. The van der Waals surface area contributed by atoms with Gasteiger partial charge in [0.15, 0.2) is 0 Å². The summed E-state index contributed by atoms with van der Waals surface area (Å²) in [5, 5.41) is 0. The largest absolute Gasteiger partial charge is 0.342 e. The predicted molar refractivity (Wildman–Crippen MR) is 83.5 cm³/mol. The van der Waals surface area contributed by atoms with Crippen molar-refractivity contribution >= 4 is 18.3 Å². The number of carbonyl (C=O) groups excluding carboxylic acids is 1. The number of halogens is 1. The Balaban J connectivity index is 0.00000324. The summed E-state index contributed by atoms with van der Waals surface area (Å²) in [7, 11) is 0. The maximum atomic E-state index is 12.7. The van der Waals surface area contributed by atoms with Crippen LogP contribution >= 0.6 is 12.4 Å². The fourth-order valence-electron chi connectivity index (χ4n) is 3.20. The van der Waals surface area contributed by atoms with Crippen LogP contribution in [0.25, 0.3) is 0 Å². The van der Waals surface area contributed by atoms with Crippen LogP contribution in [-0.4, -0.2) is 30.4 Å². The Labute approximate surface area is 124 Å². The number of rotatable bonds is 6. The lowest BCUT2D eigenvalue weighted by Crippen LogP contribution is -2.47. The number of nitrogens with zero attached hydrogens (tertiary/aromatic N) is 1. The van der Waals surface area contributed by atoms with Crippen LogP contribution in [0, 0.1) is 10.8 Å². The first-order chi connectivity index (χ1) is 8.53. The van der Waals surface area contributed by atoms with Gasteiger partial charge in [-0.3, -0.25) is 4.79 Å². The van der Waals surface area contributed by atoms with Gasteiger partial charge < -0.3 is 10.6 Å². The van der Waals surface area contributed by atoms with Gasteiger partial charge >= 0.3 is 0 Å². The maximum absolute atomic E-state index is 12.7. The smallest absolute Gasteiger partial charge is 0.230 e. The molecule has 0 atom stereocenters. The number of hydrogen-bond acceptors (Lipinski definition) is 2. The second-order valence-electron chi connectivity index (χ2n) is 5.88. The van der Waals surface area contributed by atoms with Gasteiger partial charge in [0.25, 0.3) is 0 Å². The Hall–Kier alpha value is -0.280. The molecule has 19 heavy (non-hydrogen) atoms. The summed E-state index contributed by atoms with van der Waals surface area (Å²) in [6.45, 7) is 11.0. The van der Waals surface area contributed by atoms with Gasteiger partial charge in [0, 0.05) is 19.6 Å². The third-order valence-electron chi connectivity index (χ3n) is 5.42. The van der Waals surface area contributed by atoms with Crippen molar-refractivity contribution in [2.45, 2.75) is 59.8 Å². The molecule has 1 rings (SSSR count). The first-order valence-corrected chi connectivity index (χ1v) is 7.52. The van der Waals surface area contributed by atoms with E-state index in [2.05, 4.69) is 32.6 Å². The molecule has 0 aromatic carbocycles. The van der Waals surface area contributed by atoms with Gasteiger partial charge in [-0.1, -0.05) is 27.7 Å². The van der Waals surface area contributed by atoms with Crippen LogP contribution in [0.1, 0.15) is 59.8 Å². The molecule has 1 aliphatic heterocycles. The van der Waals surface area contributed by atoms with Crippen molar-refractivity contribution in [3.63, 3.8) is 0 Å². The molecular weight excluding hydrogens is 260 g/mol. The van der Waals surface area contributed by atoms with Crippen molar-refractivity contribution in [2.75, 3.05) is 19.6 Å². The molecule has 0 saturated carbocycles. The summed E-state index contributed by atoms with van der Waals surface area (Å²) in [4.78, 5) is 14.8. The van der Waals surface area contributed by atoms with Crippen LogP contribution in [0.3, 0.4) is 0 Å². The van der Waals surface area contributed by atoms with Crippen LogP contribution in [0.4, 0.5) is 0 Å². The van der Waals surface area contributed by atoms with E-state index in [9.17, 15) is 4.79 Å². The zero-order chi connectivity index (χ0) is 13.8. The lowest BCUT2D eigenvalue weighted by atomic mass is 9.80. The number of hydrogen-bond donors (Lipinski definition) is 1. The zero-order valence-corrected chi connectivity index (χ0v) is 13.8. The lowest BCUT2D eigenvalue weighted by Gasteiger charge is -2.34. The van der Waals surface area contributed by atoms with Crippen molar-refractivity contribution in [3.05, 3.63) is 0 Å². The van der Waals surface area contributed by atoms with Crippen LogP contribution in [0.5, 0.6) is 0 Å². The molecule has 0 unspecified atom stereocenters. The number of amides is 1. The van der Waals surface area contributed by atoms with Gasteiger partial charge in [-0.25, -0.2) is 0 Å². The molecule has 3 nitrogen and oxygen atoms in total. The standard InChI is InChI=1S/C15H30N2O.ClH/c1-5-14(6-2)9-10-17(12-14)13(18)15(7-3,8-4)11-16;/h5-12,16H2,1-4H3;1H. The van der Waals surface area contributed by atoms with Gasteiger partial charge in [-0.15, -0.1) is 12.4 Å². The molecule has 1 saturated heterocycles. The van der Waals surface area contributed by atoms with Gasteiger partial charge in [0.2, 0.25) is 5.91 Å². The normalized spacial score (nSPS) is 18.3. The summed E-state index contributed by atoms with van der Waals surface area (Å²) < 4.78 is 0. The minimum Gasteiger partial charge on any atom is -0.342 e. The zero-order valence-electron chi connectivity index (χ0n) is 13.0. The first-order valence-electron chi connectivity index (χ1n) is 7.52. The highest BCUT2D eigenvalue weighted by molar-refractivity contribution is 5.85. The van der Waals surface area contributed by atoms with E-state index in [1.54, 1.807) is 0 Å². The average Bonchev–Trinajstić information content (AvgIpc) is 2.86. The van der Waals surface area contributed by atoms with E-state index in [0.717, 1.165) is 32.4 Å². The second-order valence-corrected chi connectivity index (χ2v) is 5.88. The Bertz CT molecular complexity index is 278. The SMILES string of the molecule is CCC1(CC)CCN(C(=O)C(CC)(CC)CN)C1.Cl. The molecule has 0 aliphatic carbocycles.